The molecule has 1 aliphatic rings. The standard InChI is InChI=1S/C23H24N4O3S/c28-23(20-16-24-22(25-17-20)19-7-3-1-4-8-19)26-15-18-9-11-21(12-10-18)31(29,30)27-13-5-2-6-14-27/h1,3-4,7-12,16-17H,2,5-6,13-15H2,(H,26,28). The molecule has 2 heterocycles. The van der Waals surface area contributed by atoms with Crippen LogP contribution in [0.5, 0.6) is 0 Å². The van der Waals surface area contributed by atoms with Crippen molar-refractivity contribution in [3.8, 4) is 11.4 Å². The summed E-state index contributed by atoms with van der Waals surface area (Å²) < 4.78 is 27.0. The number of piperidine rings is 1. The van der Waals surface area contributed by atoms with E-state index in [1.165, 1.54) is 12.4 Å². The molecule has 4 rings (SSSR count). The van der Waals surface area contributed by atoms with Crippen molar-refractivity contribution in [2.75, 3.05) is 13.1 Å². The van der Waals surface area contributed by atoms with E-state index in [4.69, 9.17) is 0 Å². The normalized spacial score (nSPS) is 14.8. The summed E-state index contributed by atoms with van der Waals surface area (Å²) in [7, 11) is -3.45. The van der Waals surface area contributed by atoms with Gasteiger partial charge in [-0.25, -0.2) is 18.4 Å². The van der Waals surface area contributed by atoms with Crippen LogP contribution in [0.25, 0.3) is 11.4 Å². The molecule has 0 atom stereocenters. The Morgan fingerprint density at radius 3 is 2.19 bits per heavy atom. The Morgan fingerprint density at radius 2 is 1.55 bits per heavy atom. The molecule has 0 unspecified atom stereocenters. The smallest absolute Gasteiger partial charge is 0.254 e. The van der Waals surface area contributed by atoms with Gasteiger partial charge in [0.1, 0.15) is 0 Å². The minimum Gasteiger partial charge on any atom is -0.348 e. The first-order valence-corrected chi connectivity index (χ1v) is 11.7. The van der Waals surface area contributed by atoms with Gasteiger partial charge in [0, 0.05) is 37.6 Å². The summed E-state index contributed by atoms with van der Waals surface area (Å²) in [4.78, 5) is 21.2. The van der Waals surface area contributed by atoms with Crippen LogP contribution in [0.1, 0.15) is 35.2 Å². The number of benzene rings is 2. The van der Waals surface area contributed by atoms with E-state index in [-0.39, 0.29) is 17.3 Å². The lowest BCUT2D eigenvalue weighted by Crippen LogP contribution is -2.35. The van der Waals surface area contributed by atoms with Gasteiger partial charge in [0.05, 0.1) is 10.5 Å². The van der Waals surface area contributed by atoms with Crippen LogP contribution in [0.2, 0.25) is 0 Å². The van der Waals surface area contributed by atoms with Crippen molar-refractivity contribution >= 4 is 15.9 Å². The lowest BCUT2D eigenvalue weighted by molar-refractivity contribution is 0.0950. The minimum atomic E-state index is -3.45. The third-order valence-electron chi connectivity index (χ3n) is 5.28. The fourth-order valence-corrected chi connectivity index (χ4v) is 5.02. The lowest BCUT2D eigenvalue weighted by Gasteiger charge is -2.25. The number of carbonyl (C=O) groups is 1. The Kier molecular flexibility index (Phi) is 6.39. The number of amides is 1. The zero-order valence-corrected chi connectivity index (χ0v) is 17.9. The van der Waals surface area contributed by atoms with Crippen LogP contribution in [0.3, 0.4) is 0 Å². The van der Waals surface area contributed by atoms with E-state index in [9.17, 15) is 13.2 Å². The number of hydrogen-bond acceptors (Lipinski definition) is 5. The average Bonchev–Trinajstić information content (AvgIpc) is 2.84. The van der Waals surface area contributed by atoms with Gasteiger partial charge in [0.15, 0.2) is 5.82 Å². The molecule has 0 spiro atoms. The van der Waals surface area contributed by atoms with Crippen molar-refractivity contribution in [1.82, 2.24) is 19.6 Å². The fraction of sp³-hybridized carbons (Fsp3) is 0.261. The third-order valence-corrected chi connectivity index (χ3v) is 7.19. The van der Waals surface area contributed by atoms with Crippen LogP contribution in [0, 0.1) is 0 Å². The molecule has 0 saturated carbocycles. The van der Waals surface area contributed by atoms with Crippen LogP contribution < -0.4 is 5.32 Å². The SMILES string of the molecule is O=C(NCc1ccc(S(=O)(=O)N2CCCCC2)cc1)c1cnc(-c2ccccc2)nc1. The molecule has 0 aliphatic carbocycles. The first-order valence-electron chi connectivity index (χ1n) is 10.3. The molecular weight excluding hydrogens is 412 g/mol. The van der Waals surface area contributed by atoms with Crippen LogP contribution >= 0.6 is 0 Å². The summed E-state index contributed by atoms with van der Waals surface area (Å²) >= 11 is 0. The lowest BCUT2D eigenvalue weighted by atomic mass is 10.2. The van der Waals surface area contributed by atoms with Crippen LogP contribution in [-0.4, -0.2) is 41.7 Å². The van der Waals surface area contributed by atoms with Gasteiger partial charge in [0.25, 0.3) is 5.91 Å². The maximum absolute atomic E-state index is 12.7. The summed E-state index contributed by atoms with van der Waals surface area (Å²) in [6.07, 6.45) is 5.88. The van der Waals surface area contributed by atoms with Crippen molar-refractivity contribution in [2.24, 2.45) is 0 Å². The second kappa shape index (κ2) is 9.36. The molecule has 1 N–H and O–H groups in total. The zero-order valence-electron chi connectivity index (χ0n) is 17.1. The fourth-order valence-electron chi connectivity index (χ4n) is 3.50. The number of carbonyl (C=O) groups excluding carboxylic acids is 1. The van der Waals surface area contributed by atoms with E-state index in [2.05, 4.69) is 15.3 Å². The Bertz CT molecular complexity index is 1130. The second-order valence-electron chi connectivity index (χ2n) is 7.45. The number of sulfonamides is 1. The Labute approximate surface area is 182 Å². The molecule has 2 aromatic carbocycles. The molecule has 1 aliphatic heterocycles. The van der Waals surface area contributed by atoms with Gasteiger partial charge in [-0.3, -0.25) is 4.79 Å². The topological polar surface area (TPSA) is 92.3 Å². The van der Waals surface area contributed by atoms with E-state index >= 15 is 0 Å². The molecule has 8 heteroatoms. The van der Waals surface area contributed by atoms with Gasteiger partial charge in [-0.1, -0.05) is 48.9 Å². The molecule has 160 valence electrons. The van der Waals surface area contributed by atoms with Crippen molar-refractivity contribution in [1.29, 1.82) is 0 Å². The molecular formula is C23H24N4O3S. The Balaban J connectivity index is 1.36. The second-order valence-corrected chi connectivity index (χ2v) is 9.39. The highest BCUT2D eigenvalue weighted by Crippen LogP contribution is 2.21. The summed E-state index contributed by atoms with van der Waals surface area (Å²) in [5.41, 5.74) is 2.06. The molecule has 0 bridgehead atoms. The van der Waals surface area contributed by atoms with Gasteiger partial charge in [-0.05, 0) is 30.5 Å². The maximum atomic E-state index is 12.7. The van der Waals surface area contributed by atoms with Crippen molar-refractivity contribution in [2.45, 2.75) is 30.7 Å². The van der Waals surface area contributed by atoms with Gasteiger partial charge in [-0.15, -0.1) is 0 Å². The molecule has 1 amide bonds. The molecule has 1 fully saturated rings. The molecule has 1 aromatic heterocycles. The number of aromatic nitrogens is 2. The quantitative estimate of drug-likeness (QED) is 0.640. The molecule has 7 nitrogen and oxygen atoms in total. The predicted molar refractivity (Wildman–Crippen MR) is 118 cm³/mol. The van der Waals surface area contributed by atoms with E-state index < -0.39 is 10.0 Å². The average molecular weight is 437 g/mol. The Hall–Kier alpha value is -3.10. The number of nitrogens with zero attached hydrogens (tertiary/aromatic N) is 3. The zero-order chi connectivity index (χ0) is 21.7. The van der Waals surface area contributed by atoms with E-state index in [0.717, 1.165) is 30.4 Å². The van der Waals surface area contributed by atoms with Crippen molar-refractivity contribution in [3.05, 3.63) is 78.1 Å². The minimum absolute atomic E-state index is 0.281. The van der Waals surface area contributed by atoms with Crippen LogP contribution in [0.4, 0.5) is 0 Å². The maximum Gasteiger partial charge on any atom is 0.254 e. The molecule has 0 radical (unpaired) electrons. The van der Waals surface area contributed by atoms with Gasteiger partial charge >= 0.3 is 0 Å². The summed E-state index contributed by atoms with van der Waals surface area (Å²) in [6, 6.07) is 16.2. The van der Waals surface area contributed by atoms with E-state index in [1.54, 1.807) is 28.6 Å². The Morgan fingerprint density at radius 1 is 0.903 bits per heavy atom. The number of rotatable bonds is 6. The monoisotopic (exact) mass is 436 g/mol. The number of hydrogen-bond donors (Lipinski definition) is 1. The highest BCUT2D eigenvalue weighted by atomic mass is 32.2. The molecule has 1 saturated heterocycles. The van der Waals surface area contributed by atoms with Gasteiger partial charge in [-0.2, -0.15) is 4.31 Å². The first kappa shape index (κ1) is 21.1. The summed E-state index contributed by atoms with van der Waals surface area (Å²) in [6.45, 7) is 1.43. The largest absolute Gasteiger partial charge is 0.348 e. The van der Waals surface area contributed by atoms with Crippen LogP contribution in [0.15, 0.2) is 71.9 Å². The summed E-state index contributed by atoms with van der Waals surface area (Å²) in [5.74, 6) is 0.271. The predicted octanol–water partition coefficient (Wildman–Crippen LogP) is 3.25. The van der Waals surface area contributed by atoms with Crippen molar-refractivity contribution < 1.29 is 13.2 Å². The summed E-state index contributed by atoms with van der Waals surface area (Å²) in [5, 5.41) is 2.82. The highest BCUT2D eigenvalue weighted by molar-refractivity contribution is 7.89. The van der Waals surface area contributed by atoms with Crippen molar-refractivity contribution in [3.63, 3.8) is 0 Å². The molecule has 3 aromatic rings. The van der Waals surface area contributed by atoms with E-state index in [1.807, 2.05) is 30.3 Å². The van der Waals surface area contributed by atoms with E-state index in [0.29, 0.717) is 24.5 Å². The van der Waals surface area contributed by atoms with Gasteiger partial charge in [0.2, 0.25) is 10.0 Å². The molecule has 31 heavy (non-hydrogen) atoms. The first-order chi connectivity index (χ1) is 15.0. The number of nitrogens with one attached hydrogen (secondary N) is 1. The third kappa shape index (κ3) is 4.98. The van der Waals surface area contributed by atoms with Crippen LogP contribution in [-0.2, 0) is 16.6 Å². The van der Waals surface area contributed by atoms with Gasteiger partial charge < -0.3 is 5.32 Å². The highest BCUT2D eigenvalue weighted by Gasteiger charge is 2.25.